The number of halogens is 1. The number of methoxy groups -OCH3 is 1. The van der Waals surface area contributed by atoms with E-state index in [9.17, 15) is 4.79 Å². The highest BCUT2D eigenvalue weighted by atomic mass is 79.9. The highest BCUT2D eigenvalue weighted by Gasteiger charge is 2.39. The monoisotopic (exact) mass is 368 g/mol. The Morgan fingerprint density at radius 2 is 2.23 bits per heavy atom. The molecule has 1 aliphatic rings. The van der Waals surface area contributed by atoms with Crippen LogP contribution in [0.4, 0.5) is 0 Å². The standard InChI is InChI=1S/C17H25BrN2O2/c1-17(19)9-5-4-6-14(17)16(21)20(2)11-12-10-13(18)7-8-15(12)22-3/h7-8,10,14H,4-6,9,11,19H2,1-3H3. The predicted octanol–water partition coefficient (Wildman–Crippen LogP) is 3.32. The van der Waals surface area contributed by atoms with Gasteiger partial charge in [0.2, 0.25) is 5.91 Å². The lowest BCUT2D eigenvalue weighted by atomic mass is 9.74. The Morgan fingerprint density at radius 1 is 1.50 bits per heavy atom. The summed E-state index contributed by atoms with van der Waals surface area (Å²) >= 11 is 3.47. The van der Waals surface area contributed by atoms with Gasteiger partial charge in [0.05, 0.1) is 13.0 Å². The van der Waals surface area contributed by atoms with Gasteiger partial charge in [-0.05, 0) is 38.0 Å². The average Bonchev–Trinajstić information content (AvgIpc) is 2.46. The first-order chi connectivity index (χ1) is 10.3. The van der Waals surface area contributed by atoms with E-state index in [0.29, 0.717) is 6.54 Å². The summed E-state index contributed by atoms with van der Waals surface area (Å²) in [7, 11) is 3.49. The number of benzene rings is 1. The molecule has 2 N–H and O–H groups in total. The summed E-state index contributed by atoms with van der Waals surface area (Å²) < 4.78 is 6.36. The zero-order chi connectivity index (χ0) is 16.3. The molecule has 0 spiro atoms. The summed E-state index contributed by atoms with van der Waals surface area (Å²) in [5.74, 6) is 0.832. The molecule has 1 aromatic carbocycles. The van der Waals surface area contributed by atoms with Crippen molar-refractivity contribution < 1.29 is 9.53 Å². The van der Waals surface area contributed by atoms with E-state index in [0.717, 1.165) is 41.5 Å². The number of ether oxygens (including phenoxy) is 1. The van der Waals surface area contributed by atoms with Gasteiger partial charge >= 0.3 is 0 Å². The minimum atomic E-state index is -0.398. The molecule has 1 saturated carbocycles. The molecule has 0 aromatic heterocycles. The van der Waals surface area contributed by atoms with E-state index in [1.54, 1.807) is 12.0 Å². The van der Waals surface area contributed by atoms with Crippen LogP contribution in [0, 0.1) is 5.92 Å². The summed E-state index contributed by atoms with van der Waals surface area (Å²) in [6.45, 7) is 2.52. The first-order valence-electron chi connectivity index (χ1n) is 7.71. The molecule has 22 heavy (non-hydrogen) atoms. The summed E-state index contributed by atoms with van der Waals surface area (Å²) in [5, 5.41) is 0. The Balaban J connectivity index is 2.13. The third-order valence-corrected chi connectivity index (χ3v) is 5.07. The van der Waals surface area contributed by atoms with Crippen LogP contribution in [0.1, 0.15) is 38.2 Å². The zero-order valence-corrected chi connectivity index (χ0v) is 15.1. The van der Waals surface area contributed by atoms with E-state index in [1.807, 2.05) is 32.2 Å². The number of rotatable bonds is 4. The van der Waals surface area contributed by atoms with Gasteiger partial charge in [-0.1, -0.05) is 28.8 Å². The topological polar surface area (TPSA) is 55.6 Å². The molecule has 1 aliphatic carbocycles. The molecule has 0 aliphatic heterocycles. The normalized spacial score (nSPS) is 24.9. The highest BCUT2D eigenvalue weighted by molar-refractivity contribution is 9.10. The van der Waals surface area contributed by atoms with Gasteiger partial charge < -0.3 is 15.4 Å². The summed E-state index contributed by atoms with van der Waals surface area (Å²) in [6.07, 6.45) is 3.99. The Kier molecular flexibility index (Phi) is 5.50. The maximum atomic E-state index is 12.8. The van der Waals surface area contributed by atoms with E-state index < -0.39 is 5.54 Å². The molecular weight excluding hydrogens is 344 g/mol. The van der Waals surface area contributed by atoms with Gasteiger partial charge in [-0.15, -0.1) is 0 Å². The number of nitrogens with two attached hydrogens (primary N) is 1. The number of carbonyl (C=O) groups is 1. The van der Waals surface area contributed by atoms with E-state index in [4.69, 9.17) is 10.5 Å². The van der Waals surface area contributed by atoms with Crippen LogP contribution in [0.5, 0.6) is 5.75 Å². The lowest BCUT2D eigenvalue weighted by Gasteiger charge is -2.39. The fourth-order valence-corrected chi connectivity index (χ4v) is 3.64. The smallest absolute Gasteiger partial charge is 0.227 e. The summed E-state index contributed by atoms with van der Waals surface area (Å²) in [4.78, 5) is 14.6. The molecule has 0 bridgehead atoms. The van der Waals surface area contributed by atoms with Crippen LogP contribution in [0.2, 0.25) is 0 Å². The van der Waals surface area contributed by atoms with Crippen molar-refractivity contribution in [3.63, 3.8) is 0 Å². The second-order valence-corrected chi connectivity index (χ2v) is 7.37. The van der Waals surface area contributed by atoms with Gasteiger partial charge in [-0.3, -0.25) is 4.79 Å². The molecule has 122 valence electrons. The minimum Gasteiger partial charge on any atom is -0.496 e. The molecule has 2 atom stereocenters. The van der Waals surface area contributed by atoms with Crippen LogP contribution >= 0.6 is 15.9 Å². The Bertz CT molecular complexity index is 545. The molecule has 0 heterocycles. The van der Waals surface area contributed by atoms with Crippen molar-refractivity contribution in [2.75, 3.05) is 14.2 Å². The van der Waals surface area contributed by atoms with Crippen molar-refractivity contribution >= 4 is 21.8 Å². The Morgan fingerprint density at radius 3 is 2.86 bits per heavy atom. The van der Waals surface area contributed by atoms with Gasteiger partial charge in [0, 0.05) is 29.2 Å². The maximum Gasteiger partial charge on any atom is 0.227 e. The third-order valence-electron chi connectivity index (χ3n) is 4.58. The lowest BCUT2D eigenvalue weighted by molar-refractivity contribution is -0.138. The van der Waals surface area contributed by atoms with E-state index >= 15 is 0 Å². The van der Waals surface area contributed by atoms with Crippen molar-refractivity contribution in [2.45, 2.75) is 44.7 Å². The van der Waals surface area contributed by atoms with Crippen molar-refractivity contribution in [3.05, 3.63) is 28.2 Å². The Labute approximate surface area is 141 Å². The predicted molar refractivity (Wildman–Crippen MR) is 91.7 cm³/mol. The van der Waals surface area contributed by atoms with Crippen LogP contribution in [0.15, 0.2) is 22.7 Å². The zero-order valence-electron chi connectivity index (χ0n) is 13.6. The van der Waals surface area contributed by atoms with Gasteiger partial charge in [0.1, 0.15) is 5.75 Å². The first kappa shape index (κ1) is 17.3. The maximum absolute atomic E-state index is 12.8. The van der Waals surface area contributed by atoms with Crippen molar-refractivity contribution in [1.29, 1.82) is 0 Å². The molecule has 0 radical (unpaired) electrons. The summed E-state index contributed by atoms with van der Waals surface area (Å²) in [5.41, 5.74) is 6.94. The number of nitrogens with zero attached hydrogens (tertiary/aromatic N) is 1. The highest BCUT2D eigenvalue weighted by Crippen LogP contribution is 2.33. The second-order valence-electron chi connectivity index (χ2n) is 6.45. The number of amides is 1. The van der Waals surface area contributed by atoms with E-state index in [-0.39, 0.29) is 11.8 Å². The van der Waals surface area contributed by atoms with Crippen LogP contribution in [-0.4, -0.2) is 30.5 Å². The molecule has 0 saturated heterocycles. The second kappa shape index (κ2) is 7.01. The molecule has 4 nitrogen and oxygen atoms in total. The fraction of sp³-hybridized carbons (Fsp3) is 0.588. The number of carbonyl (C=O) groups excluding carboxylic acids is 1. The van der Waals surface area contributed by atoms with Crippen molar-refractivity contribution in [3.8, 4) is 5.75 Å². The van der Waals surface area contributed by atoms with Crippen LogP contribution < -0.4 is 10.5 Å². The van der Waals surface area contributed by atoms with Crippen LogP contribution in [0.25, 0.3) is 0 Å². The molecule has 2 unspecified atom stereocenters. The minimum absolute atomic E-state index is 0.0932. The SMILES string of the molecule is COc1ccc(Br)cc1CN(C)C(=O)C1CCCCC1(C)N. The van der Waals surface area contributed by atoms with E-state index in [2.05, 4.69) is 15.9 Å². The van der Waals surface area contributed by atoms with Gasteiger partial charge in [-0.2, -0.15) is 0 Å². The largest absolute Gasteiger partial charge is 0.496 e. The number of hydrogen-bond donors (Lipinski definition) is 1. The average molecular weight is 369 g/mol. The van der Waals surface area contributed by atoms with Crippen molar-refractivity contribution in [1.82, 2.24) is 4.90 Å². The van der Waals surface area contributed by atoms with Crippen LogP contribution in [-0.2, 0) is 11.3 Å². The third kappa shape index (κ3) is 3.82. The van der Waals surface area contributed by atoms with E-state index in [1.165, 1.54) is 0 Å². The molecule has 5 heteroatoms. The molecule has 1 amide bonds. The first-order valence-corrected chi connectivity index (χ1v) is 8.50. The molecule has 1 fully saturated rings. The fourth-order valence-electron chi connectivity index (χ4n) is 3.23. The lowest BCUT2D eigenvalue weighted by Crippen LogP contribution is -2.53. The van der Waals surface area contributed by atoms with Gasteiger partial charge in [0.15, 0.2) is 0 Å². The molecule has 2 rings (SSSR count). The Hall–Kier alpha value is -1.07. The van der Waals surface area contributed by atoms with Gasteiger partial charge in [-0.25, -0.2) is 0 Å². The van der Waals surface area contributed by atoms with Crippen molar-refractivity contribution in [2.24, 2.45) is 11.7 Å². The van der Waals surface area contributed by atoms with Crippen LogP contribution in [0.3, 0.4) is 0 Å². The molecule has 1 aromatic rings. The molecular formula is C17H25BrN2O2. The number of hydrogen-bond acceptors (Lipinski definition) is 3. The summed E-state index contributed by atoms with van der Waals surface area (Å²) in [6, 6.07) is 5.83. The van der Waals surface area contributed by atoms with Gasteiger partial charge in [0.25, 0.3) is 0 Å². The quantitative estimate of drug-likeness (QED) is 0.886.